The van der Waals surface area contributed by atoms with Gasteiger partial charge in [0.1, 0.15) is 17.1 Å². The number of ether oxygens (including phenoxy) is 1. The lowest BCUT2D eigenvalue weighted by Gasteiger charge is -2.18. The standard InChI is InChI=1S/C22H24N4O4/c1-15-21(26(28)29)16(2)25(23-15)14-17-8-10-19(11-9-17)22(27)24(3)13-18-6-5-7-20(12-18)30-4/h5-12H,13-14H2,1-4H3. The number of nitrogens with zero attached hydrogens (tertiary/aromatic N) is 4. The van der Waals surface area contributed by atoms with Crippen molar-refractivity contribution < 1.29 is 14.5 Å². The summed E-state index contributed by atoms with van der Waals surface area (Å²) in [4.78, 5) is 25.2. The number of hydrogen-bond donors (Lipinski definition) is 0. The van der Waals surface area contributed by atoms with Crippen LogP contribution in [0.4, 0.5) is 5.69 Å². The normalized spacial score (nSPS) is 10.7. The van der Waals surface area contributed by atoms with Gasteiger partial charge in [-0.15, -0.1) is 0 Å². The molecule has 0 aliphatic carbocycles. The van der Waals surface area contributed by atoms with Gasteiger partial charge in [-0.1, -0.05) is 24.3 Å². The highest BCUT2D eigenvalue weighted by atomic mass is 16.6. The van der Waals surface area contributed by atoms with Crippen LogP contribution in [0.2, 0.25) is 0 Å². The molecule has 3 aromatic rings. The Labute approximate surface area is 174 Å². The maximum absolute atomic E-state index is 12.8. The van der Waals surface area contributed by atoms with Crippen LogP contribution in [0.15, 0.2) is 48.5 Å². The summed E-state index contributed by atoms with van der Waals surface area (Å²) in [6, 6.07) is 14.8. The van der Waals surface area contributed by atoms with Crippen molar-refractivity contribution in [2.45, 2.75) is 26.9 Å². The lowest BCUT2D eigenvalue weighted by atomic mass is 10.1. The Morgan fingerprint density at radius 2 is 1.87 bits per heavy atom. The van der Waals surface area contributed by atoms with Crippen LogP contribution < -0.4 is 4.74 Å². The zero-order valence-electron chi connectivity index (χ0n) is 17.5. The van der Waals surface area contributed by atoms with Crippen molar-refractivity contribution in [2.24, 2.45) is 0 Å². The first kappa shape index (κ1) is 21.0. The quantitative estimate of drug-likeness (QED) is 0.439. The predicted octanol–water partition coefficient (Wildman–Crippen LogP) is 3.74. The van der Waals surface area contributed by atoms with E-state index in [2.05, 4.69) is 5.10 Å². The second kappa shape index (κ2) is 8.77. The molecule has 0 unspecified atom stereocenters. The lowest BCUT2D eigenvalue weighted by Crippen LogP contribution is -2.26. The molecule has 8 nitrogen and oxygen atoms in total. The summed E-state index contributed by atoms with van der Waals surface area (Å²) in [6.07, 6.45) is 0. The highest BCUT2D eigenvalue weighted by Crippen LogP contribution is 2.23. The second-order valence-electron chi connectivity index (χ2n) is 7.14. The summed E-state index contributed by atoms with van der Waals surface area (Å²) in [5.41, 5.74) is 3.40. The van der Waals surface area contributed by atoms with Gasteiger partial charge in [0.05, 0.1) is 18.6 Å². The molecular weight excluding hydrogens is 384 g/mol. The van der Waals surface area contributed by atoms with E-state index in [0.29, 0.717) is 30.0 Å². The van der Waals surface area contributed by atoms with Crippen molar-refractivity contribution in [3.8, 4) is 5.75 Å². The molecule has 0 spiro atoms. The maximum atomic E-state index is 12.8. The van der Waals surface area contributed by atoms with E-state index in [1.54, 1.807) is 49.7 Å². The fourth-order valence-corrected chi connectivity index (χ4v) is 3.37. The molecule has 0 N–H and O–H groups in total. The number of nitro groups is 1. The minimum atomic E-state index is -0.409. The van der Waals surface area contributed by atoms with Crippen molar-refractivity contribution in [1.29, 1.82) is 0 Å². The third-order valence-corrected chi connectivity index (χ3v) is 4.96. The first-order valence-electron chi connectivity index (χ1n) is 9.46. The zero-order chi connectivity index (χ0) is 21.8. The van der Waals surface area contributed by atoms with Gasteiger partial charge in [0, 0.05) is 19.2 Å². The molecule has 0 atom stereocenters. The molecule has 156 valence electrons. The van der Waals surface area contributed by atoms with Crippen molar-refractivity contribution in [1.82, 2.24) is 14.7 Å². The monoisotopic (exact) mass is 408 g/mol. The van der Waals surface area contributed by atoms with E-state index in [4.69, 9.17) is 4.74 Å². The van der Waals surface area contributed by atoms with Gasteiger partial charge in [-0.3, -0.25) is 19.6 Å². The summed E-state index contributed by atoms with van der Waals surface area (Å²) in [5.74, 6) is 0.660. The minimum Gasteiger partial charge on any atom is -0.497 e. The molecule has 1 aromatic heterocycles. The summed E-state index contributed by atoms with van der Waals surface area (Å²) in [7, 11) is 3.37. The van der Waals surface area contributed by atoms with Gasteiger partial charge < -0.3 is 9.64 Å². The van der Waals surface area contributed by atoms with Gasteiger partial charge in [-0.2, -0.15) is 5.10 Å². The molecule has 8 heteroatoms. The molecule has 1 amide bonds. The molecule has 30 heavy (non-hydrogen) atoms. The summed E-state index contributed by atoms with van der Waals surface area (Å²) < 4.78 is 6.84. The smallest absolute Gasteiger partial charge is 0.312 e. The van der Waals surface area contributed by atoms with Crippen LogP contribution >= 0.6 is 0 Å². The summed E-state index contributed by atoms with van der Waals surface area (Å²) in [6.45, 7) is 4.17. The van der Waals surface area contributed by atoms with Gasteiger partial charge >= 0.3 is 5.69 Å². The fourth-order valence-electron chi connectivity index (χ4n) is 3.37. The first-order valence-corrected chi connectivity index (χ1v) is 9.46. The molecule has 0 fully saturated rings. The van der Waals surface area contributed by atoms with Crippen LogP contribution in [-0.4, -0.2) is 39.7 Å². The number of carbonyl (C=O) groups excluding carboxylic acids is 1. The molecule has 0 saturated carbocycles. The Morgan fingerprint density at radius 1 is 1.17 bits per heavy atom. The number of carbonyl (C=O) groups is 1. The number of methoxy groups -OCH3 is 1. The highest BCUT2D eigenvalue weighted by molar-refractivity contribution is 5.94. The van der Waals surface area contributed by atoms with Crippen LogP contribution in [0.3, 0.4) is 0 Å². The Balaban J connectivity index is 1.70. The summed E-state index contributed by atoms with van der Waals surface area (Å²) in [5, 5.41) is 15.4. The van der Waals surface area contributed by atoms with Crippen molar-refractivity contribution in [3.63, 3.8) is 0 Å². The van der Waals surface area contributed by atoms with Gasteiger partial charge in [0.25, 0.3) is 5.91 Å². The third kappa shape index (κ3) is 4.48. The number of aromatic nitrogens is 2. The Morgan fingerprint density at radius 3 is 2.47 bits per heavy atom. The molecular formula is C22H24N4O4. The largest absolute Gasteiger partial charge is 0.497 e. The molecule has 2 aromatic carbocycles. The molecule has 1 heterocycles. The number of rotatable bonds is 7. The zero-order valence-corrected chi connectivity index (χ0v) is 17.5. The SMILES string of the molecule is COc1cccc(CN(C)C(=O)c2ccc(Cn3nc(C)c([N+](=O)[O-])c3C)cc2)c1. The van der Waals surface area contributed by atoms with Gasteiger partial charge in [-0.05, 0) is 49.2 Å². The average molecular weight is 408 g/mol. The topological polar surface area (TPSA) is 90.5 Å². The van der Waals surface area contributed by atoms with Crippen molar-refractivity contribution in [3.05, 3.63) is 86.7 Å². The average Bonchev–Trinajstić information content (AvgIpc) is 3.01. The first-order chi connectivity index (χ1) is 14.3. The van der Waals surface area contributed by atoms with Crippen molar-refractivity contribution in [2.75, 3.05) is 14.2 Å². The van der Waals surface area contributed by atoms with Gasteiger partial charge in [0.15, 0.2) is 0 Å². The van der Waals surface area contributed by atoms with Crippen LogP contribution in [0.1, 0.15) is 32.9 Å². The van der Waals surface area contributed by atoms with E-state index in [-0.39, 0.29) is 11.6 Å². The molecule has 0 aliphatic heterocycles. The number of benzene rings is 2. The lowest BCUT2D eigenvalue weighted by molar-refractivity contribution is -0.386. The van der Waals surface area contributed by atoms with E-state index >= 15 is 0 Å². The van der Waals surface area contributed by atoms with E-state index in [0.717, 1.165) is 16.9 Å². The molecule has 0 bridgehead atoms. The van der Waals surface area contributed by atoms with E-state index in [1.165, 1.54) is 0 Å². The highest BCUT2D eigenvalue weighted by Gasteiger charge is 2.21. The molecule has 3 rings (SSSR count). The summed E-state index contributed by atoms with van der Waals surface area (Å²) >= 11 is 0. The van der Waals surface area contributed by atoms with Crippen LogP contribution in [0, 0.1) is 24.0 Å². The molecule has 0 radical (unpaired) electrons. The Bertz CT molecular complexity index is 1070. The Kier molecular flexibility index (Phi) is 6.15. The maximum Gasteiger partial charge on any atom is 0.312 e. The number of amides is 1. The van der Waals surface area contributed by atoms with E-state index in [9.17, 15) is 14.9 Å². The number of hydrogen-bond acceptors (Lipinski definition) is 5. The Hall–Kier alpha value is -3.68. The minimum absolute atomic E-state index is 0.0426. The van der Waals surface area contributed by atoms with Crippen LogP contribution in [0.25, 0.3) is 0 Å². The second-order valence-corrected chi connectivity index (χ2v) is 7.14. The fraction of sp³-hybridized carbons (Fsp3) is 0.273. The molecule has 0 saturated heterocycles. The van der Waals surface area contributed by atoms with Crippen LogP contribution in [-0.2, 0) is 13.1 Å². The molecule has 0 aliphatic rings. The predicted molar refractivity (Wildman–Crippen MR) is 113 cm³/mol. The van der Waals surface area contributed by atoms with Crippen molar-refractivity contribution >= 4 is 11.6 Å². The van der Waals surface area contributed by atoms with E-state index in [1.807, 2.05) is 36.4 Å². The van der Waals surface area contributed by atoms with E-state index < -0.39 is 4.92 Å². The number of aryl methyl sites for hydroxylation is 1. The van der Waals surface area contributed by atoms with Gasteiger partial charge in [0.2, 0.25) is 0 Å². The van der Waals surface area contributed by atoms with Crippen LogP contribution in [0.5, 0.6) is 5.75 Å². The van der Waals surface area contributed by atoms with Gasteiger partial charge in [-0.25, -0.2) is 0 Å². The third-order valence-electron chi connectivity index (χ3n) is 4.96.